The molecule has 0 aliphatic heterocycles. The van der Waals surface area contributed by atoms with Crippen LogP contribution in [0.25, 0.3) is 0 Å². The maximum absolute atomic E-state index is 13.7. The molecule has 17 heavy (non-hydrogen) atoms. The summed E-state index contributed by atoms with van der Waals surface area (Å²) in [4.78, 5) is 0. The molecule has 1 atom stereocenters. The van der Waals surface area contributed by atoms with Gasteiger partial charge in [-0.3, -0.25) is 0 Å². The lowest BCUT2D eigenvalue weighted by Gasteiger charge is -2.18. The maximum atomic E-state index is 13.7. The Morgan fingerprint density at radius 2 is 2.12 bits per heavy atom. The van der Waals surface area contributed by atoms with Crippen LogP contribution in [-0.4, -0.2) is 24.4 Å². The third kappa shape index (κ3) is 4.32. The number of rotatable bonds is 5. The third-order valence-corrected chi connectivity index (χ3v) is 2.47. The Balaban J connectivity index is 2.76. The average molecular weight is 241 g/mol. The number of ether oxygens (including phenoxy) is 1. The van der Waals surface area contributed by atoms with Gasteiger partial charge in [0, 0.05) is 6.04 Å². The Bertz CT molecular complexity index is 374. The number of benzene rings is 1. The predicted octanol–water partition coefficient (Wildman–Crippen LogP) is 2.26. The Kier molecular flexibility index (Phi) is 4.48. The van der Waals surface area contributed by atoms with Crippen molar-refractivity contribution in [3.05, 3.63) is 29.6 Å². The normalized spacial score (nSPS) is 13.5. The van der Waals surface area contributed by atoms with E-state index < -0.39 is 11.4 Å². The van der Waals surface area contributed by atoms with Gasteiger partial charge in [0.1, 0.15) is 6.61 Å². The third-order valence-electron chi connectivity index (χ3n) is 2.47. The Morgan fingerprint density at radius 1 is 1.47 bits per heavy atom. The van der Waals surface area contributed by atoms with Crippen molar-refractivity contribution in [3.63, 3.8) is 0 Å². The summed E-state index contributed by atoms with van der Waals surface area (Å²) >= 11 is 0. The molecule has 1 unspecified atom stereocenters. The molecule has 0 spiro atoms. The molecule has 2 N–H and O–H groups in total. The van der Waals surface area contributed by atoms with Crippen molar-refractivity contribution in [2.75, 3.05) is 13.7 Å². The van der Waals surface area contributed by atoms with Crippen molar-refractivity contribution in [3.8, 4) is 5.75 Å². The molecule has 0 saturated carbocycles. The first-order valence-corrected chi connectivity index (χ1v) is 5.65. The SMILES string of the molecule is CNC(C)c1ccc(OCC(C)(C)O)c(F)c1. The van der Waals surface area contributed by atoms with Crippen LogP contribution >= 0.6 is 0 Å². The molecule has 0 saturated heterocycles. The molecule has 1 rings (SSSR count). The fourth-order valence-electron chi connectivity index (χ4n) is 1.32. The molecule has 96 valence electrons. The van der Waals surface area contributed by atoms with Gasteiger partial charge in [0.15, 0.2) is 11.6 Å². The number of halogens is 1. The van der Waals surface area contributed by atoms with Crippen molar-refractivity contribution in [2.45, 2.75) is 32.4 Å². The molecule has 0 amide bonds. The van der Waals surface area contributed by atoms with Crippen LogP contribution in [0.1, 0.15) is 32.4 Å². The van der Waals surface area contributed by atoms with Gasteiger partial charge in [-0.25, -0.2) is 4.39 Å². The highest BCUT2D eigenvalue weighted by molar-refractivity contribution is 5.30. The van der Waals surface area contributed by atoms with Crippen LogP contribution in [0.2, 0.25) is 0 Å². The molecule has 0 aromatic heterocycles. The van der Waals surface area contributed by atoms with Crippen molar-refractivity contribution >= 4 is 0 Å². The molecule has 0 fully saturated rings. The summed E-state index contributed by atoms with van der Waals surface area (Å²) in [6.07, 6.45) is 0. The number of hydrogen-bond acceptors (Lipinski definition) is 3. The van der Waals surface area contributed by atoms with E-state index in [9.17, 15) is 9.50 Å². The summed E-state index contributed by atoms with van der Waals surface area (Å²) in [5.74, 6) is -0.243. The van der Waals surface area contributed by atoms with Gasteiger partial charge in [-0.2, -0.15) is 0 Å². The van der Waals surface area contributed by atoms with Crippen molar-refractivity contribution in [1.29, 1.82) is 0 Å². The number of aliphatic hydroxyl groups is 1. The van der Waals surface area contributed by atoms with Crippen LogP contribution in [0.5, 0.6) is 5.75 Å². The molecule has 0 heterocycles. The predicted molar refractivity (Wildman–Crippen MR) is 65.7 cm³/mol. The minimum atomic E-state index is -0.969. The van der Waals surface area contributed by atoms with E-state index >= 15 is 0 Å². The molecule has 4 heteroatoms. The Labute approximate surface area is 102 Å². The smallest absolute Gasteiger partial charge is 0.165 e. The zero-order chi connectivity index (χ0) is 13.1. The standard InChI is InChI=1S/C13H20FNO2/c1-9(15-4)10-5-6-12(11(14)7-10)17-8-13(2,3)16/h5-7,9,15-16H,8H2,1-4H3. The van der Waals surface area contributed by atoms with E-state index in [1.165, 1.54) is 6.07 Å². The highest BCUT2D eigenvalue weighted by atomic mass is 19.1. The summed E-state index contributed by atoms with van der Waals surface area (Å²) in [5.41, 5.74) is -0.107. The highest BCUT2D eigenvalue weighted by Crippen LogP contribution is 2.22. The Morgan fingerprint density at radius 3 is 2.59 bits per heavy atom. The van der Waals surface area contributed by atoms with Gasteiger partial charge in [0.05, 0.1) is 5.60 Å². The van der Waals surface area contributed by atoms with E-state index in [1.807, 2.05) is 20.0 Å². The number of hydrogen-bond donors (Lipinski definition) is 2. The first-order chi connectivity index (χ1) is 7.83. The summed E-state index contributed by atoms with van der Waals surface area (Å²) in [5, 5.41) is 12.5. The molecule has 0 bridgehead atoms. The lowest BCUT2D eigenvalue weighted by atomic mass is 10.1. The van der Waals surface area contributed by atoms with Crippen molar-refractivity contribution < 1.29 is 14.2 Å². The minimum absolute atomic E-state index is 0.0604. The molecule has 0 radical (unpaired) electrons. The molecule has 0 aliphatic rings. The molecule has 1 aromatic carbocycles. The van der Waals surface area contributed by atoms with E-state index in [2.05, 4.69) is 5.32 Å². The summed E-state index contributed by atoms with van der Waals surface area (Å²) < 4.78 is 18.9. The Hall–Kier alpha value is -1.13. The summed E-state index contributed by atoms with van der Waals surface area (Å²) in [7, 11) is 1.82. The second kappa shape index (κ2) is 5.47. The zero-order valence-corrected chi connectivity index (χ0v) is 10.7. The largest absolute Gasteiger partial charge is 0.488 e. The van der Waals surface area contributed by atoms with E-state index in [0.717, 1.165) is 5.56 Å². The molecule has 1 aromatic rings. The van der Waals surface area contributed by atoms with Gasteiger partial charge < -0.3 is 15.2 Å². The van der Waals surface area contributed by atoms with E-state index in [0.29, 0.717) is 0 Å². The second-order valence-electron chi connectivity index (χ2n) is 4.80. The quantitative estimate of drug-likeness (QED) is 0.830. The summed E-state index contributed by atoms with van der Waals surface area (Å²) in [6, 6.07) is 4.93. The van der Waals surface area contributed by atoms with E-state index in [-0.39, 0.29) is 18.4 Å². The van der Waals surface area contributed by atoms with Crippen LogP contribution in [-0.2, 0) is 0 Å². The first-order valence-electron chi connectivity index (χ1n) is 5.65. The van der Waals surface area contributed by atoms with Crippen molar-refractivity contribution in [2.24, 2.45) is 0 Å². The maximum Gasteiger partial charge on any atom is 0.165 e. The number of nitrogens with one attached hydrogen (secondary N) is 1. The second-order valence-corrected chi connectivity index (χ2v) is 4.80. The highest BCUT2D eigenvalue weighted by Gasteiger charge is 2.15. The fraction of sp³-hybridized carbons (Fsp3) is 0.538. The van der Waals surface area contributed by atoms with Gasteiger partial charge in [0.25, 0.3) is 0 Å². The molecule has 0 aliphatic carbocycles. The van der Waals surface area contributed by atoms with Crippen LogP contribution in [0.15, 0.2) is 18.2 Å². The minimum Gasteiger partial charge on any atom is -0.488 e. The van der Waals surface area contributed by atoms with Gasteiger partial charge in [-0.15, -0.1) is 0 Å². The monoisotopic (exact) mass is 241 g/mol. The van der Waals surface area contributed by atoms with Crippen LogP contribution in [0.4, 0.5) is 4.39 Å². The summed E-state index contributed by atoms with van der Waals surface area (Å²) in [6.45, 7) is 5.24. The van der Waals surface area contributed by atoms with Gasteiger partial charge in [0.2, 0.25) is 0 Å². The van der Waals surface area contributed by atoms with Crippen LogP contribution in [0.3, 0.4) is 0 Å². The van der Waals surface area contributed by atoms with Gasteiger partial charge in [-0.1, -0.05) is 6.07 Å². The van der Waals surface area contributed by atoms with Crippen LogP contribution in [0, 0.1) is 5.82 Å². The van der Waals surface area contributed by atoms with E-state index in [1.54, 1.807) is 19.9 Å². The van der Waals surface area contributed by atoms with Crippen LogP contribution < -0.4 is 10.1 Å². The van der Waals surface area contributed by atoms with E-state index in [4.69, 9.17) is 4.74 Å². The zero-order valence-electron chi connectivity index (χ0n) is 10.7. The lowest BCUT2D eigenvalue weighted by Crippen LogP contribution is -2.28. The van der Waals surface area contributed by atoms with Crippen molar-refractivity contribution in [1.82, 2.24) is 5.32 Å². The lowest BCUT2D eigenvalue weighted by molar-refractivity contribution is 0.0271. The van der Waals surface area contributed by atoms with Gasteiger partial charge in [-0.05, 0) is 45.5 Å². The topological polar surface area (TPSA) is 41.5 Å². The van der Waals surface area contributed by atoms with Gasteiger partial charge >= 0.3 is 0 Å². The fourth-order valence-corrected chi connectivity index (χ4v) is 1.32. The first kappa shape index (κ1) is 13.9. The molecular formula is C13H20FNO2. The molecular weight excluding hydrogens is 221 g/mol. The average Bonchev–Trinajstić information content (AvgIpc) is 2.25. The molecule has 3 nitrogen and oxygen atoms in total.